The summed E-state index contributed by atoms with van der Waals surface area (Å²) >= 11 is 0. The van der Waals surface area contributed by atoms with Gasteiger partial charge in [0.25, 0.3) is 11.8 Å². The summed E-state index contributed by atoms with van der Waals surface area (Å²) in [7, 11) is 0. The number of carbonyl (C=O) groups excluding carboxylic acids is 2. The third-order valence-electron chi connectivity index (χ3n) is 6.11. The van der Waals surface area contributed by atoms with E-state index in [2.05, 4.69) is 20.4 Å². The van der Waals surface area contributed by atoms with E-state index in [0.29, 0.717) is 30.2 Å². The number of anilines is 1. The first-order valence-corrected chi connectivity index (χ1v) is 11.6. The Morgan fingerprint density at radius 1 is 1.03 bits per heavy atom. The monoisotopic (exact) mass is 466 g/mol. The van der Waals surface area contributed by atoms with Gasteiger partial charge in [-0.25, -0.2) is 4.98 Å². The minimum Gasteiger partial charge on any atom is -0.348 e. The molecule has 3 heterocycles. The van der Waals surface area contributed by atoms with Gasteiger partial charge in [0.1, 0.15) is 12.0 Å². The van der Waals surface area contributed by atoms with E-state index in [4.69, 9.17) is 0 Å². The van der Waals surface area contributed by atoms with Crippen LogP contribution in [0.15, 0.2) is 79.3 Å². The molecule has 5 rings (SSSR count). The molecular formula is C27H26N6O2. The lowest BCUT2D eigenvalue weighted by Crippen LogP contribution is -2.30. The van der Waals surface area contributed by atoms with Gasteiger partial charge in [0.05, 0.1) is 5.92 Å². The highest BCUT2D eigenvalue weighted by Gasteiger charge is 2.37. The highest BCUT2D eigenvalue weighted by Crippen LogP contribution is 2.40. The van der Waals surface area contributed by atoms with Crippen LogP contribution in [-0.4, -0.2) is 38.1 Å². The van der Waals surface area contributed by atoms with Crippen LogP contribution in [-0.2, 0) is 6.54 Å². The third-order valence-corrected chi connectivity index (χ3v) is 6.11. The fourth-order valence-electron chi connectivity index (χ4n) is 4.22. The Kier molecular flexibility index (Phi) is 6.10. The Balaban J connectivity index is 1.47. The molecule has 4 aromatic rings. The number of nitrogens with zero attached hydrogens (tertiary/aromatic N) is 5. The molecule has 0 saturated carbocycles. The van der Waals surface area contributed by atoms with Crippen molar-refractivity contribution in [2.45, 2.75) is 32.4 Å². The number of hydrogen-bond acceptors (Lipinski definition) is 5. The number of fused-ring (bicyclic) bond motifs is 1. The van der Waals surface area contributed by atoms with Gasteiger partial charge in [0, 0.05) is 36.6 Å². The molecule has 2 aromatic carbocycles. The van der Waals surface area contributed by atoms with Gasteiger partial charge in [0.2, 0.25) is 0 Å². The van der Waals surface area contributed by atoms with Crippen molar-refractivity contribution in [3.63, 3.8) is 0 Å². The molecular weight excluding hydrogens is 440 g/mol. The molecule has 8 nitrogen and oxygen atoms in total. The average Bonchev–Trinajstić information content (AvgIpc) is 3.53. The van der Waals surface area contributed by atoms with Crippen LogP contribution in [0.1, 0.15) is 63.6 Å². The molecule has 1 unspecified atom stereocenters. The molecule has 2 amide bonds. The first-order valence-electron chi connectivity index (χ1n) is 11.6. The Labute approximate surface area is 203 Å². The topological polar surface area (TPSA) is 93.0 Å². The number of amides is 2. The van der Waals surface area contributed by atoms with Crippen molar-refractivity contribution in [1.29, 1.82) is 0 Å². The minimum atomic E-state index is -0.250. The Hall–Kier alpha value is -4.33. The van der Waals surface area contributed by atoms with Gasteiger partial charge in [-0.1, -0.05) is 36.4 Å². The summed E-state index contributed by atoms with van der Waals surface area (Å²) in [6.07, 6.45) is 3.31. The molecule has 2 aromatic heterocycles. The average molecular weight is 467 g/mol. The second-order valence-corrected chi connectivity index (χ2v) is 8.80. The molecule has 35 heavy (non-hydrogen) atoms. The van der Waals surface area contributed by atoms with E-state index < -0.39 is 0 Å². The van der Waals surface area contributed by atoms with Crippen molar-refractivity contribution < 1.29 is 9.59 Å². The predicted molar refractivity (Wildman–Crippen MR) is 132 cm³/mol. The number of benzene rings is 2. The molecule has 1 N–H and O–H groups in total. The van der Waals surface area contributed by atoms with Gasteiger partial charge in [-0.05, 0) is 55.3 Å². The van der Waals surface area contributed by atoms with Gasteiger partial charge < -0.3 is 10.2 Å². The lowest BCUT2D eigenvalue weighted by atomic mass is 9.98. The van der Waals surface area contributed by atoms with E-state index in [-0.39, 0.29) is 23.8 Å². The maximum atomic E-state index is 13.3. The maximum Gasteiger partial charge on any atom is 0.276 e. The van der Waals surface area contributed by atoms with Crippen molar-refractivity contribution in [3.05, 3.63) is 107 Å². The summed E-state index contributed by atoms with van der Waals surface area (Å²) < 4.78 is 1.80. The standard InChI is InChI=1S/C27H26N6O2/c1-18(2)33-17-30-25(31-33)22-16-32(27(35)23-10-6-7-13-28-23)24-12-11-20(14-21(22)24)26(34)29-15-19-8-4-3-5-9-19/h3-14,17-18,22H,15-16H2,1-2H3,(H,29,34). The highest BCUT2D eigenvalue weighted by atomic mass is 16.2. The number of aromatic nitrogens is 4. The largest absolute Gasteiger partial charge is 0.348 e. The molecule has 1 aliphatic heterocycles. The lowest BCUT2D eigenvalue weighted by Gasteiger charge is -2.17. The fourth-order valence-corrected chi connectivity index (χ4v) is 4.22. The van der Waals surface area contributed by atoms with Crippen molar-refractivity contribution in [2.24, 2.45) is 0 Å². The zero-order chi connectivity index (χ0) is 24.4. The quantitative estimate of drug-likeness (QED) is 0.464. The number of pyridine rings is 1. The van der Waals surface area contributed by atoms with Crippen molar-refractivity contribution >= 4 is 17.5 Å². The number of hydrogen-bond donors (Lipinski definition) is 1. The van der Waals surface area contributed by atoms with Crippen LogP contribution in [0.5, 0.6) is 0 Å². The van der Waals surface area contributed by atoms with Crippen LogP contribution < -0.4 is 10.2 Å². The molecule has 1 aliphatic rings. The molecule has 0 radical (unpaired) electrons. The smallest absolute Gasteiger partial charge is 0.276 e. The summed E-state index contributed by atoms with van der Waals surface area (Å²) in [5, 5.41) is 7.63. The summed E-state index contributed by atoms with van der Waals surface area (Å²) in [6.45, 7) is 4.88. The molecule has 0 fully saturated rings. The van der Waals surface area contributed by atoms with E-state index in [1.807, 2.05) is 56.3 Å². The van der Waals surface area contributed by atoms with Gasteiger partial charge in [-0.2, -0.15) is 5.10 Å². The van der Waals surface area contributed by atoms with Gasteiger partial charge in [-0.15, -0.1) is 0 Å². The fraction of sp³-hybridized carbons (Fsp3) is 0.222. The van der Waals surface area contributed by atoms with Crippen LogP contribution in [0.4, 0.5) is 5.69 Å². The number of rotatable bonds is 6. The Bertz CT molecular complexity index is 1350. The summed E-state index contributed by atoms with van der Waals surface area (Å²) in [4.78, 5) is 36.7. The minimum absolute atomic E-state index is 0.165. The Morgan fingerprint density at radius 2 is 1.83 bits per heavy atom. The normalized spacial score (nSPS) is 14.7. The molecule has 0 aliphatic carbocycles. The summed E-state index contributed by atoms with van der Waals surface area (Å²) in [6, 6.07) is 20.6. The number of nitrogens with one attached hydrogen (secondary N) is 1. The Morgan fingerprint density at radius 3 is 2.54 bits per heavy atom. The molecule has 176 valence electrons. The van der Waals surface area contributed by atoms with E-state index in [9.17, 15) is 9.59 Å². The SMILES string of the molecule is CC(C)n1cnc(C2CN(C(=O)c3ccccn3)c3ccc(C(=O)NCc4ccccc4)cc32)n1. The first-order chi connectivity index (χ1) is 17.0. The van der Waals surface area contributed by atoms with E-state index in [0.717, 1.165) is 16.8 Å². The first kappa shape index (κ1) is 22.5. The van der Waals surface area contributed by atoms with Crippen LogP contribution >= 0.6 is 0 Å². The van der Waals surface area contributed by atoms with Gasteiger partial charge >= 0.3 is 0 Å². The van der Waals surface area contributed by atoms with Gasteiger partial charge in [0.15, 0.2) is 5.82 Å². The van der Waals surface area contributed by atoms with E-state index >= 15 is 0 Å². The molecule has 0 saturated heterocycles. The van der Waals surface area contributed by atoms with Crippen LogP contribution in [0.25, 0.3) is 0 Å². The van der Waals surface area contributed by atoms with E-state index in [1.54, 1.807) is 46.4 Å². The second-order valence-electron chi connectivity index (χ2n) is 8.80. The van der Waals surface area contributed by atoms with Crippen molar-refractivity contribution in [1.82, 2.24) is 25.1 Å². The summed E-state index contributed by atoms with van der Waals surface area (Å²) in [5.41, 5.74) is 3.51. The van der Waals surface area contributed by atoms with Crippen LogP contribution in [0, 0.1) is 0 Å². The molecule has 0 bridgehead atoms. The van der Waals surface area contributed by atoms with Crippen LogP contribution in [0.2, 0.25) is 0 Å². The molecule has 8 heteroatoms. The van der Waals surface area contributed by atoms with Crippen molar-refractivity contribution in [3.8, 4) is 0 Å². The lowest BCUT2D eigenvalue weighted by molar-refractivity contribution is 0.0949. The zero-order valence-electron chi connectivity index (χ0n) is 19.6. The zero-order valence-corrected chi connectivity index (χ0v) is 19.6. The maximum absolute atomic E-state index is 13.3. The number of carbonyl (C=O) groups is 2. The highest BCUT2D eigenvalue weighted by molar-refractivity contribution is 6.07. The second kappa shape index (κ2) is 9.50. The van der Waals surface area contributed by atoms with Crippen molar-refractivity contribution in [2.75, 3.05) is 11.4 Å². The van der Waals surface area contributed by atoms with E-state index in [1.165, 1.54) is 0 Å². The summed E-state index contributed by atoms with van der Waals surface area (Å²) in [5.74, 6) is 0.00199. The third kappa shape index (κ3) is 4.55. The molecule has 1 atom stereocenters. The molecule has 0 spiro atoms. The van der Waals surface area contributed by atoms with Crippen LogP contribution in [0.3, 0.4) is 0 Å². The predicted octanol–water partition coefficient (Wildman–Crippen LogP) is 3.98. The van der Waals surface area contributed by atoms with Gasteiger partial charge in [-0.3, -0.25) is 19.3 Å².